The average molecular weight is 208 g/mol. The highest BCUT2D eigenvalue weighted by Crippen LogP contribution is 2.39. The third kappa shape index (κ3) is 1.63. The highest BCUT2D eigenvalue weighted by atomic mass is 32.2. The molecule has 0 atom stereocenters. The molecule has 1 aromatic rings. The lowest BCUT2D eigenvalue weighted by Gasteiger charge is -2.21. The van der Waals surface area contributed by atoms with E-state index < -0.39 is 0 Å². The van der Waals surface area contributed by atoms with E-state index in [-0.39, 0.29) is 5.41 Å². The van der Waals surface area contributed by atoms with Crippen molar-refractivity contribution in [3.05, 3.63) is 23.3 Å². The molecular formula is C12H16OS. The fourth-order valence-electron chi connectivity index (χ4n) is 1.81. The third-order valence-electron chi connectivity index (χ3n) is 2.62. The van der Waals surface area contributed by atoms with E-state index in [1.165, 1.54) is 10.5 Å². The number of rotatable bonds is 0. The van der Waals surface area contributed by atoms with E-state index in [1.54, 1.807) is 0 Å². The molecule has 2 heteroatoms. The molecule has 0 radical (unpaired) electrons. The van der Waals surface area contributed by atoms with Gasteiger partial charge in [0.05, 0.1) is 0 Å². The van der Waals surface area contributed by atoms with Crippen LogP contribution in [-0.4, -0.2) is 10.9 Å². The molecule has 1 aromatic carbocycles. The van der Waals surface area contributed by atoms with Crippen molar-refractivity contribution in [3.8, 4) is 5.75 Å². The number of hydrogen-bond donors (Lipinski definition) is 1. The van der Waals surface area contributed by atoms with Crippen LogP contribution in [0, 0.1) is 0 Å². The fraction of sp³-hybridized carbons (Fsp3) is 0.500. The van der Waals surface area contributed by atoms with Crippen LogP contribution in [0.2, 0.25) is 0 Å². The SMILES string of the molecule is CC(C)(C)c1cc2c(cc1O)CCS2. The number of fused-ring (bicyclic) bond motifs is 1. The van der Waals surface area contributed by atoms with Gasteiger partial charge in [0.25, 0.3) is 0 Å². The van der Waals surface area contributed by atoms with Gasteiger partial charge in [0.2, 0.25) is 0 Å². The van der Waals surface area contributed by atoms with Crippen LogP contribution in [0.4, 0.5) is 0 Å². The Hall–Kier alpha value is -0.630. The molecule has 0 saturated heterocycles. The molecule has 0 aliphatic carbocycles. The molecular weight excluding hydrogens is 192 g/mol. The molecule has 1 aliphatic heterocycles. The topological polar surface area (TPSA) is 20.2 Å². The van der Waals surface area contributed by atoms with E-state index in [1.807, 2.05) is 17.8 Å². The molecule has 1 aliphatic rings. The van der Waals surface area contributed by atoms with Gasteiger partial charge in [0.1, 0.15) is 5.75 Å². The summed E-state index contributed by atoms with van der Waals surface area (Å²) in [5.41, 5.74) is 2.40. The number of benzene rings is 1. The molecule has 0 fully saturated rings. The number of phenolic OH excluding ortho intramolecular Hbond substituents is 1. The molecule has 76 valence electrons. The summed E-state index contributed by atoms with van der Waals surface area (Å²) in [6.07, 6.45) is 1.10. The van der Waals surface area contributed by atoms with Crippen LogP contribution in [0.25, 0.3) is 0 Å². The van der Waals surface area contributed by atoms with Crippen molar-refractivity contribution < 1.29 is 5.11 Å². The maximum absolute atomic E-state index is 9.90. The van der Waals surface area contributed by atoms with Gasteiger partial charge in [0.15, 0.2) is 0 Å². The van der Waals surface area contributed by atoms with Crippen LogP contribution in [0.5, 0.6) is 5.75 Å². The van der Waals surface area contributed by atoms with Gasteiger partial charge in [-0.05, 0) is 29.5 Å². The lowest BCUT2D eigenvalue weighted by Crippen LogP contribution is -2.11. The van der Waals surface area contributed by atoms with Crippen molar-refractivity contribution in [3.63, 3.8) is 0 Å². The molecule has 1 nitrogen and oxygen atoms in total. The van der Waals surface area contributed by atoms with Crippen LogP contribution in [0.15, 0.2) is 17.0 Å². The minimum absolute atomic E-state index is 0.0300. The van der Waals surface area contributed by atoms with E-state index in [9.17, 15) is 5.11 Å². The Balaban J connectivity index is 2.53. The first-order chi connectivity index (χ1) is 6.48. The lowest BCUT2D eigenvalue weighted by atomic mass is 9.85. The normalized spacial score (nSPS) is 15.6. The van der Waals surface area contributed by atoms with E-state index in [2.05, 4.69) is 26.8 Å². The zero-order valence-electron chi connectivity index (χ0n) is 8.92. The van der Waals surface area contributed by atoms with Crippen LogP contribution >= 0.6 is 11.8 Å². The van der Waals surface area contributed by atoms with Crippen molar-refractivity contribution in [2.75, 3.05) is 5.75 Å². The van der Waals surface area contributed by atoms with Crippen LogP contribution < -0.4 is 0 Å². The number of hydrogen-bond acceptors (Lipinski definition) is 2. The number of aryl methyl sites for hydroxylation is 1. The first-order valence-corrected chi connectivity index (χ1v) is 5.96. The van der Waals surface area contributed by atoms with E-state index in [0.717, 1.165) is 17.7 Å². The quantitative estimate of drug-likeness (QED) is 0.705. The smallest absolute Gasteiger partial charge is 0.119 e. The molecule has 0 unspecified atom stereocenters. The first-order valence-electron chi connectivity index (χ1n) is 4.97. The van der Waals surface area contributed by atoms with Gasteiger partial charge >= 0.3 is 0 Å². The molecule has 14 heavy (non-hydrogen) atoms. The maximum atomic E-state index is 9.90. The zero-order valence-corrected chi connectivity index (χ0v) is 9.74. The summed E-state index contributed by atoms with van der Waals surface area (Å²) < 4.78 is 0. The largest absolute Gasteiger partial charge is 0.508 e. The maximum Gasteiger partial charge on any atom is 0.119 e. The predicted molar refractivity (Wildman–Crippen MR) is 61.2 cm³/mol. The van der Waals surface area contributed by atoms with Crippen molar-refractivity contribution in [1.29, 1.82) is 0 Å². The molecule has 2 rings (SSSR count). The standard InChI is InChI=1S/C12H16OS/c1-12(2,3)9-7-11-8(4-5-14-11)6-10(9)13/h6-7,13H,4-5H2,1-3H3. The summed E-state index contributed by atoms with van der Waals surface area (Å²) >= 11 is 1.90. The van der Waals surface area contributed by atoms with Crippen molar-refractivity contribution in [1.82, 2.24) is 0 Å². The molecule has 0 saturated carbocycles. The monoisotopic (exact) mass is 208 g/mol. The van der Waals surface area contributed by atoms with Gasteiger partial charge < -0.3 is 5.11 Å². The second-order valence-corrected chi connectivity index (χ2v) is 5.96. The molecule has 1 heterocycles. The number of phenols is 1. The highest BCUT2D eigenvalue weighted by Gasteiger charge is 2.22. The van der Waals surface area contributed by atoms with E-state index >= 15 is 0 Å². The van der Waals surface area contributed by atoms with Crippen LogP contribution in [-0.2, 0) is 11.8 Å². The summed E-state index contributed by atoms with van der Waals surface area (Å²) in [4.78, 5) is 1.35. The summed E-state index contributed by atoms with van der Waals surface area (Å²) in [5, 5.41) is 9.90. The Labute approximate surface area is 89.5 Å². The van der Waals surface area contributed by atoms with Gasteiger partial charge in [0, 0.05) is 16.2 Å². The average Bonchev–Trinajstić information content (AvgIpc) is 2.47. The van der Waals surface area contributed by atoms with Gasteiger partial charge in [-0.25, -0.2) is 0 Å². The molecule has 0 bridgehead atoms. The van der Waals surface area contributed by atoms with Gasteiger partial charge in [-0.1, -0.05) is 20.8 Å². The van der Waals surface area contributed by atoms with Gasteiger partial charge in [-0.15, -0.1) is 11.8 Å². The van der Waals surface area contributed by atoms with Gasteiger partial charge in [-0.2, -0.15) is 0 Å². The van der Waals surface area contributed by atoms with E-state index in [4.69, 9.17) is 0 Å². The molecule has 0 aromatic heterocycles. The second kappa shape index (κ2) is 3.20. The highest BCUT2D eigenvalue weighted by molar-refractivity contribution is 7.99. The van der Waals surface area contributed by atoms with Crippen molar-refractivity contribution in [2.24, 2.45) is 0 Å². The Bertz CT molecular complexity index is 363. The minimum atomic E-state index is 0.0300. The van der Waals surface area contributed by atoms with Gasteiger partial charge in [-0.3, -0.25) is 0 Å². The Morgan fingerprint density at radius 1 is 1.29 bits per heavy atom. The zero-order chi connectivity index (χ0) is 10.3. The molecule has 1 N–H and O–H groups in total. The van der Waals surface area contributed by atoms with Crippen molar-refractivity contribution >= 4 is 11.8 Å². The van der Waals surface area contributed by atoms with Crippen LogP contribution in [0.1, 0.15) is 31.9 Å². The number of aromatic hydroxyl groups is 1. The third-order valence-corrected chi connectivity index (χ3v) is 3.72. The Kier molecular flexibility index (Phi) is 2.26. The number of thioether (sulfide) groups is 1. The van der Waals surface area contributed by atoms with Crippen LogP contribution in [0.3, 0.4) is 0 Å². The summed E-state index contributed by atoms with van der Waals surface area (Å²) in [5.74, 6) is 1.61. The second-order valence-electron chi connectivity index (χ2n) is 4.83. The summed E-state index contributed by atoms with van der Waals surface area (Å²) in [6.45, 7) is 6.40. The summed E-state index contributed by atoms with van der Waals surface area (Å²) in [6, 6.07) is 4.10. The predicted octanol–water partition coefficient (Wildman–Crippen LogP) is 3.34. The Morgan fingerprint density at radius 2 is 2.00 bits per heavy atom. The lowest BCUT2D eigenvalue weighted by molar-refractivity contribution is 0.445. The van der Waals surface area contributed by atoms with Crippen molar-refractivity contribution in [2.45, 2.75) is 37.5 Å². The summed E-state index contributed by atoms with van der Waals surface area (Å²) in [7, 11) is 0. The fourth-order valence-corrected chi connectivity index (χ4v) is 2.90. The van der Waals surface area contributed by atoms with E-state index in [0.29, 0.717) is 5.75 Å². The first kappa shape index (κ1) is 9.91. The Morgan fingerprint density at radius 3 is 2.64 bits per heavy atom. The minimum Gasteiger partial charge on any atom is -0.508 e. The molecule has 0 amide bonds. The molecule has 0 spiro atoms.